The number of rotatable bonds is 6. The van der Waals surface area contributed by atoms with E-state index in [1.54, 1.807) is 0 Å². The summed E-state index contributed by atoms with van der Waals surface area (Å²) in [6.45, 7) is 23.8. The number of hydrogen-bond acceptors (Lipinski definition) is 3. The Hall–Kier alpha value is -5.45. The molecule has 0 spiro atoms. The van der Waals surface area contributed by atoms with E-state index in [2.05, 4.69) is 225 Å². The largest absolute Gasteiger partial charge is 0.310 e. The minimum atomic E-state index is -0.122. The first-order valence-electron chi connectivity index (χ1n) is 22.4. The van der Waals surface area contributed by atoms with Crippen LogP contribution in [0, 0.1) is 0 Å². The Morgan fingerprint density at radius 3 is 1.10 bits per heavy atom. The minimum Gasteiger partial charge on any atom is -0.310 e. The lowest BCUT2D eigenvalue weighted by Crippen LogP contribution is -2.57. The second-order valence-corrected chi connectivity index (χ2v) is 20.6. The van der Waals surface area contributed by atoms with Gasteiger partial charge in [-0.1, -0.05) is 182 Å². The van der Waals surface area contributed by atoms with Crippen molar-refractivity contribution >= 4 is 69.0 Å². The van der Waals surface area contributed by atoms with Crippen LogP contribution in [-0.4, -0.2) is 6.71 Å². The van der Waals surface area contributed by atoms with Crippen molar-refractivity contribution in [2.45, 2.75) is 108 Å². The molecule has 0 fully saturated rings. The molecule has 3 heterocycles. The van der Waals surface area contributed by atoms with Gasteiger partial charge >= 0.3 is 0 Å². The number of nitrogens with zero attached hydrogens (tertiary/aromatic N) is 2. The average Bonchev–Trinajstić information content (AvgIpc) is 3.25. The van der Waals surface area contributed by atoms with Crippen LogP contribution in [0.3, 0.4) is 0 Å². The van der Waals surface area contributed by atoms with E-state index in [1.165, 1.54) is 99.2 Å². The molecule has 7 aromatic rings. The van der Waals surface area contributed by atoms with E-state index >= 15 is 0 Å². The van der Waals surface area contributed by atoms with Gasteiger partial charge in [0.1, 0.15) is 0 Å². The summed E-state index contributed by atoms with van der Waals surface area (Å²) in [4.78, 5) is 7.73. The zero-order valence-electron chi connectivity index (χ0n) is 37.5. The van der Waals surface area contributed by atoms with Crippen LogP contribution in [0.2, 0.25) is 0 Å². The van der Waals surface area contributed by atoms with Crippen LogP contribution in [0.25, 0.3) is 0 Å². The average molecular weight is 813 g/mol. The van der Waals surface area contributed by atoms with Crippen LogP contribution in [0.4, 0.5) is 34.1 Å². The van der Waals surface area contributed by atoms with Crippen LogP contribution in [-0.2, 0) is 10.8 Å². The minimum absolute atomic E-state index is 0.0283. The van der Waals surface area contributed by atoms with Gasteiger partial charge in [0, 0.05) is 32.0 Å². The maximum atomic E-state index is 2.55. The van der Waals surface area contributed by atoms with Gasteiger partial charge in [-0.2, -0.15) is 0 Å². The molecule has 7 aromatic carbocycles. The summed E-state index contributed by atoms with van der Waals surface area (Å²) in [7, 11) is 0. The van der Waals surface area contributed by atoms with Crippen molar-refractivity contribution in [2.24, 2.45) is 0 Å². The summed E-state index contributed by atoms with van der Waals surface area (Å²) in [5, 5.41) is 0. The third kappa shape index (κ3) is 6.15. The molecule has 3 aliphatic rings. The maximum absolute atomic E-state index is 2.55. The lowest BCUT2D eigenvalue weighted by molar-refractivity contribution is 0.632. The van der Waals surface area contributed by atoms with Crippen molar-refractivity contribution in [3.05, 3.63) is 185 Å². The van der Waals surface area contributed by atoms with Crippen molar-refractivity contribution in [3.8, 4) is 0 Å². The highest BCUT2D eigenvalue weighted by molar-refractivity contribution is 8.00. The van der Waals surface area contributed by atoms with Gasteiger partial charge in [-0.3, -0.25) is 0 Å². The highest BCUT2D eigenvalue weighted by atomic mass is 32.2. The van der Waals surface area contributed by atoms with Crippen molar-refractivity contribution < 1.29 is 0 Å². The first-order valence-corrected chi connectivity index (χ1v) is 23.2. The summed E-state index contributed by atoms with van der Waals surface area (Å²) in [5.41, 5.74) is 21.2. The fourth-order valence-corrected chi connectivity index (χ4v) is 11.9. The van der Waals surface area contributed by atoms with Gasteiger partial charge in [-0.05, 0) is 117 Å². The summed E-state index contributed by atoms with van der Waals surface area (Å²) in [5.74, 6) is 1.14. The molecule has 0 N–H and O–H groups in total. The molecular formula is C57H57BN2S. The lowest BCUT2D eigenvalue weighted by atomic mass is 9.34. The van der Waals surface area contributed by atoms with Crippen LogP contribution in [0.1, 0.15) is 126 Å². The smallest absolute Gasteiger partial charge is 0.245 e. The van der Waals surface area contributed by atoms with E-state index < -0.39 is 0 Å². The predicted octanol–water partition coefficient (Wildman–Crippen LogP) is 14.3. The zero-order chi connectivity index (χ0) is 42.5. The van der Waals surface area contributed by atoms with Crippen molar-refractivity contribution in [2.75, 3.05) is 9.80 Å². The van der Waals surface area contributed by atoms with E-state index in [4.69, 9.17) is 0 Å². The Morgan fingerprint density at radius 2 is 0.770 bits per heavy atom. The maximum Gasteiger partial charge on any atom is 0.245 e. The Morgan fingerprint density at radius 1 is 0.426 bits per heavy atom. The molecule has 0 bridgehead atoms. The van der Waals surface area contributed by atoms with E-state index in [9.17, 15) is 0 Å². The highest BCUT2D eigenvalue weighted by Crippen LogP contribution is 2.53. The van der Waals surface area contributed by atoms with Crippen molar-refractivity contribution in [3.63, 3.8) is 0 Å². The molecule has 0 unspecified atom stereocenters. The van der Waals surface area contributed by atoms with Crippen LogP contribution in [0.15, 0.2) is 155 Å². The van der Waals surface area contributed by atoms with Gasteiger partial charge in [0.15, 0.2) is 0 Å². The molecule has 10 rings (SSSR count). The number of benzene rings is 7. The summed E-state index contributed by atoms with van der Waals surface area (Å²) in [6.07, 6.45) is 0. The topological polar surface area (TPSA) is 6.48 Å². The van der Waals surface area contributed by atoms with E-state index in [0.29, 0.717) is 17.8 Å². The fraction of sp³-hybridized carbons (Fsp3) is 0.263. The first kappa shape index (κ1) is 39.7. The van der Waals surface area contributed by atoms with Crippen LogP contribution in [0.5, 0.6) is 0 Å². The highest BCUT2D eigenvalue weighted by Gasteiger charge is 2.41. The monoisotopic (exact) mass is 812 g/mol. The fourth-order valence-electron chi connectivity index (χ4n) is 10.8. The number of fused-ring (bicyclic) bond motifs is 6. The van der Waals surface area contributed by atoms with Gasteiger partial charge in [-0.25, -0.2) is 0 Å². The lowest BCUT2D eigenvalue weighted by Gasteiger charge is -2.43. The molecule has 2 nitrogen and oxygen atoms in total. The third-order valence-electron chi connectivity index (χ3n) is 14.1. The summed E-state index contributed by atoms with van der Waals surface area (Å²) < 4.78 is 0. The molecule has 4 heteroatoms. The molecule has 3 aliphatic heterocycles. The molecule has 0 amide bonds. The number of hydrogen-bond donors (Lipinski definition) is 0. The Kier molecular flexibility index (Phi) is 9.49. The molecule has 0 aromatic heterocycles. The van der Waals surface area contributed by atoms with Gasteiger partial charge < -0.3 is 9.80 Å². The van der Waals surface area contributed by atoms with Crippen molar-refractivity contribution in [1.29, 1.82) is 0 Å². The second kappa shape index (κ2) is 14.6. The Bertz CT molecular complexity index is 2580. The van der Waals surface area contributed by atoms with Gasteiger partial charge in [0.25, 0.3) is 0 Å². The van der Waals surface area contributed by atoms with Crippen molar-refractivity contribution in [1.82, 2.24) is 0 Å². The second-order valence-electron chi connectivity index (χ2n) is 19.5. The molecule has 304 valence electrons. The normalized spacial score (nSPS) is 15.6. The number of anilines is 6. The molecular weight excluding hydrogens is 756 g/mol. The standard InChI is InChI=1S/C57H57BN2S/c1-35(2)38-31-41(36(3)4)55(42(32-38)37(5)6)58-47-33-39(59-49-23-15-11-19-43(49)56(7,8)44-20-12-16-24-50(44)59)27-29-53(47)61-54-30-28-40(34-48(54)58)60-51-25-17-13-21-45(51)57(9,10)46-22-14-18-26-52(46)60/h11-37H,1-10H3. The molecule has 0 atom stereocenters. The SMILES string of the molecule is CC(C)c1cc(C(C)C)c(B2c3cc(N4c5ccccc5C(C)(C)c5ccccc54)ccc3Sc3ccc(N4c5ccccc5C(C)(C)c5ccccc54)cc32)c(C(C)C)c1. The molecule has 0 saturated heterocycles. The molecule has 0 saturated carbocycles. The quantitative estimate of drug-likeness (QED) is 0.154. The zero-order valence-corrected chi connectivity index (χ0v) is 38.3. The first-order chi connectivity index (χ1) is 29.3. The molecule has 0 radical (unpaired) electrons. The molecule has 0 aliphatic carbocycles. The Balaban J connectivity index is 1.25. The molecule has 61 heavy (non-hydrogen) atoms. The van der Waals surface area contributed by atoms with E-state index in [-0.39, 0.29) is 17.5 Å². The Labute approximate surface area is 369 Å². The van der Waals surface area contributed by atoms with Crippen LogP contribution < -0.4 is 26.2 Å². The van der Waals surface area contributed by atoms with Gasteiger partial charge in [0.05, 0.1) is 22.7 Å². The van der Waals surface area contributed by atoms with E-state index in [1.807, 2.05) is 11.8 Å². The predicted molar refractivity (Wildman–Crippen MR) is 264 cm³/mol. The number of para-hydroxylation sites is 4. The van der Waals surface area contributed by atoms with Gasteiger partial charge in [0.2, 0.25) is 6.71 Å². The third-order valence-corrected chi connectivity index (χ3v) is 15.3. The van der Waals surface area contributed by atoms with Crippen LogP contribution >= 0.6 is 11.8 Å². The summed E-state index contributed by atoms with van der Waals surface area (Å²) in [6, 6.07) is 55.9. The van der Waals surface area contributed by atoms with E-state index in [0.717, 1.165) is 0 Å². The van der Waals surface area contributed by atoms with Gasteiger partial charge in [-0.15, -0.1) is 0 Å². The summed E-state index contributed by atoms with van der Waals surface area (Å²) >= 11 is 1.93.